The third-order valence-corrected chi connectivity index (χ3v) is 4.51. The van der Waals surface area contributed by atoms with Crippen molar-refractivity contribution in [3.05, 3.63) is 44.6 Å². The lowest BCUT2D eigenvalue weighted by Crippen LogP contribution is -2.05. The maximum absolute atomic E-state index is 6.22. The second-order valence-electron chi connectivity index (χ2n) is 4.50. The monoisotopic (exact) mass is 329 g/mol. The summed E-state index contributed by atoms with van der Waals surface area (Å²) < 4.78 is 6.36. The molecule has 0 aliphatic rings. The molecule has 0 spiro atoms. The minimum Gasteiger partial charge on any atom is -0.492 e. The van der Waals surface area contributed by atoms with Crippen LogP contribution in [0.25, 0.3) is 0 Å². The Balaban J connectivity index is 2.04. The maximum atomic E-state index is 6.22. The van der Waals surface area contributed by atoms with E-state index in [1.165, 1.54) is 4.88 Å². The summed E-state index contributed by atoms with van der Waals surface area (Å²) in [5.74, 6) is 0.728. The summed E-state index contributed by atoms with van der Waals surface area (Å²) in [7, 11) is 0. The SMILES string of the molecule is CCCOc1ccc(NC(C)c2ccc(Cl)s2)cc1Cl. The maximum Gasteiger partial charge on any atom is 0.138 e. The molecule has 0 amide bonds. The average molecular weight is 330 g/mol. The van der Waals surface area contributed by atoms with Crippen molar-refractivity contribution in [3.63, 3.8) is 0 Å². The normalized spacial score (nSPS) is 12.2. The van der Waals surface area contributed by atoms with Crippen molar-refractivity contribution in [2.24, 2.45) is 0 Å². The topological polar surface area (TPSA) is 21.3 Å². The second kappa shape index (κ2) is 7.21. The molecule has 20 heavy (non-hydrogen) atoms. The van der Waals surface area contributed by atoms with Gasteiger partial charge in [0, 0.05) is 10.6 Å². The molecule has 1 atom stereocenters. The summed E-state index contributed by atoms with van der Waals surface area (Å²) in [4.78, 5) is 1.19. The number of benzene rings is 1. The zero-order valence-corrected chi connectivity index (χ0v) is 13.8. The van der Waals surface area contributed by atoms with Crippen molar-refractivity contribution in [1.82, 2.24) is 0 Å². The Bertz CT molecular complexity index is 571. The Morgan fingerprint density at radius 1 is 1.25 bits per heavy atom. The lowest BCUT2D eigenvalue weighted by atomic mass is 10.2. The van der Waals surface area contributed by atoms with Crippen LogP contribution in [0.15, 0.2) is 30.3 Å². The van der Waals surface area contributed by atoms with Crippen LogP contribution >= 0.6 is 34.5 Å². The smallest absolute Gasteiger partial charge is 0.138 e. The fourth-order valence-electron chi connectivity index (χ4n) is 1.80. The lowest BCUT2D eigenvalue weighted by molar-refractivity contribution is 0.317. The van der Waals surface area contributed by atoms with E-state index < -0.39 is 0 Å². The van der Waals surface area contributed by atoms with Crippen molar-refractivity contribution in [2.75, 3.05) is 11.9 Å². The van der Waals surface area contributed by atoms with Crippen molar-refractivity contribution in [3.8, 4) is 5.75 Å². The van der Waals surface area contributed by atoms with Crippen molar-refractivity contribution >= 4 is 40.2 Å². The van der Waals surface area contributed by atoms with Crippen LogP contribution in [-0.2, 0) is 0 Å². The van der Waals surface area contributed by atoms with Crippen LogP contribution in [0.2, 0.25) is 9.36 Å². The van der Waals surface area contributed by atoms with Crippen LogP contribution in [-0.4, -0.2) is 6.61 Å². The van der Waals surface area contributed by atoms with Crippen molar-refractivity contribution in [1.29, 1.82) is 0 Å². The summed E-state index contributed by atoms with van der Waals surface area (Å²) in [5.41, 5.74) is 0.968. The Labute approximate surface area is 133 Å². The molecule has 1 heterocycles. The van der Waals surface area contributed by atoms with Crippen LogP contribution in [0.4, 0.5) is 5.69 Å². The first kappa shape index (κ1) is 15.5. The summed E-state index contributed by atoms with van der Waals surface area (Å²) in [6, 6.07) is 9.89. The lowest BCUT2D eigenvalue weighted by Gasteiger charge is -2.15. The Hall–Kier alpha value is -0.900. The van der Waals surface area contributed by atoms with Crippen LogP contribution in [0.1, 0.15) is 31.2 Å². The molecule has 1 N–H and O–H groups in total. The molecular weight excluding hydrogens is 313 g/mol. The van der Waals surface area contributed by atoms with E-state index in [1.54, 1.807) is 11.3 Å². The zero-order chi connectivity index (χ0) is 14.5. The van der Waals surface area contributed by atoms with Gasteiger partial charge in [0.15, 0.2) is 0 Å². The molecule has 108 valence electrons. The minimum absolute atomic E-state index is 0.186. The number of anilines is 1. The van der Waals surface area contributed by atoms with Gasteiger partial charge in [0.1, 0.15) is 5.75 Å². The molecule has 0 aliphatic carbocycles. The number of hydrogen-bond donors (Lipinski definition) is 1. The van der Waals surface area contributed by atoms with Gasteiger partial charge in [-0.1, -0.05) is 30.1 Å². The fourth-order valence-corrected chi connectivity index (χ4v) is 3.10. The van der Waals surface area contributed by atoms with Crippen molar-refractivity contribution < 1.29 is 4.74 Å². The van der Waals surface area contributed by atoms with Crippen molar-refractivity contribution in [2.45, 2.75) is 26.3 Å². The molecule has 2 aromatic rings. The summed E-state index contributed by atoms with van der Waals surface area (Å²) in [5, 5.41) is 4.03. The molecule has 0 fully saturated rings. The van der Waals surface area contributed by atoms with E-state index in [2.05, 4.69) is 19.2 Å². The first-order chi connectivity index (χ1) is 9.60. The van der Waals surface area contributed by atoms with E-state index in [4.69, 9.17) is 27.9 Å². The molecule has 1 aromatic heterocycles. The number of rotatable bonds is 6. The van der Waals surface area contributed by atoms with Gasteiger partial charge >= 0.3 is 0 Å². The number of nitrogens with one attached hydrogen (secondary N) is 1. The van der Waals surface area contributed by atoms with E-state index in [0.717, 1.165) is 22.2 Å². The second-order valence-corrected chi connectivity index (χ2v) is 6.66. The quantitative estimate of drug-likeness (QED) is 0.699. The van der Waals surface area contributed by atoms with Gasteiger partial charge < -0.3 is 10.1 Å². The van der Waals surface area contributed by atoms with Gasteiger partial charge in [-0.3, -0.25) is 0 Å². The van der Waals surface area contributed by atoms with E-state index in [0.29, 0.717) is 11.6 Å². The number of halogens is 2. The molecule has 0 bridgehead atoms. The minimum atomic E-state index is 0.186. The van der Waals surface area contributed by atoms with E-state index in [9.17, 15) is 0 Å². The largest absolute Gasteiger partial charge is 0.492 e. The molecule has 1 aromatic carbocycles. The van der Waals surface area contributed by atoms with Crippen LogP contribution in [0.5, 0.6) is 5.75 Å². The molecular formula is C15H17Cl2NOS. The molecule has 0 aliphatic heterocycles. The van der Waals surface area contributed by atoms with Gasteiger partial charge in [-0.25, -0.2) is 0 Å². The third kappa shape index (κ3) is 4.05. The molecule has 0 radical (unpaired) electrons. The molecule has 2 rings (SSSR count). The van der Waals surface area contributed by atoms with Gasteiger partial charge in [0.05, 0.1) is 22.0 Å². The predicted octanol–water partition coefficient (Wildman–Crippen LogP) is 6.02. The fraction of sp³-hybridized carbons (Fsp3) is 0.333. The Kier molecular flexibility index (Phi) is 5.58. The predicted molar refractivity (Wildman–Crippen MR) is 88.6 cm³/mol. The highest BCUT2D eigenvalue weighted by Gasteiger charge is 2.09. The van der Waals surface area contributed by atoms with Gasteiger partial charge in [-0.05, 0) is 43.7 Å². The number of thiophene rings is 1. The highest BCUT2D eigenvalue weighted by atomic mass is 35.5. The molecule has 5 heteroatoms. The first-order valence-corrected chi connectivity index (χ1v) is 8.11. The zero-order valence-electron chi connectivity index (χ0n) is 11.5. The van der Waals surface area contributed by atoms with E-state index in [-0.39, 0.29) is 6.04 Å². The summed E-state index contributed by atoms with van der Waals surface area (Å²) >= 11 is 13.7. The van der Waals surface area contributed by atoms with Crippen LogP contribution < -0.4 is 10.1 Å². The van der Waals surface area contributed by atoms with E-state index >= 15 is 0 Å². The summed E-state index contributed by atoms with van der Waals surface area (Å²) in [6.07, 6.45) is 0.965. The molecule has 0 saturated carbocycles. The van der Waals surface area contributed by atoms with Gasteiger partial charge in [-0.2, -0.15) is 0 Å². The van der Waals surface area contributed by atoms with Gasteiger partial charge in [0.2, 0.25) is 0 Å². The highest BCUT2D eigenvalue weighted by Crippen LogP contribution is 2.32. The number of ether oxygens (including phenoxy) is 1. The standard InChI is InChI=1S/C15H17Cl2NOS/c1-3-8-19-13-5-4-11(9-12(13)16)18-10(2)14-6-7-15(17)20-14/h4-7,9-10,18H,3,8H2,1-2H3. The Morgan fingerprint density at radius 2 is 2.05 bits per heavy atom. The third-order valence-electron chi connectivity index (χ3n) is 2.80. The van der Waals surface area contributed by atoms with Gasteiger partial charge in [-0.15, -0.1) is 11.3 Å². The number of hydrogen-bond acceptors (Lipinski definition) is 3. The van der Waals surface area contributed by atoms with Crippen LogP contribution in [0, 0.1) is 0 Å². The van der Waals surface area contributed by atoms with Crippen LogP contribution in [0.3, 0.4) is 0 Å². The Morgan fingerprint density at radius 3 is 2.65 bits per heavy atom. The summed E-state index contributed by atoms with van der Waals surface area (Å²) in [6.45, 7) is 4.84. The van der Waals surface area contributed by atoms with Gasteiger partial charge in [0.25, 0.3) is 0 Å². The molecule has 1 unspecified atom stereocenters. The molecule has 0 saturated heterocycles. The highest BCUT2D eigenvalue weighted by molar-refractivity contribution is 7.16. The van der Waals surface area contributed by atoms with E-state index in [1.807, 2.05) is 30.3 Å². The molecule has 2 nitrogen and oxygen atoms in total. The first-order valence-electron chi connectivity index (χ1n) is 6.54. The average Bonchev–Trinajstić information content (AvgIpc) is 2.85.